The Bertz CT molecular complexity index is 416. The monoisotopic (exact) mass is 234 g/mol. The fraction of sp³-hybridized carbons (Fsp3) is 0.667. The lowest BCUT2D eigenvalue weighted by molar-refractivity contribution is 0.133. The van der Waals surface area contributed by atoms with E-state index in [9.17, 15) is 5.11 Å². The first-order valence-corrected chi connectivity index (χ1v) is 6.17. The van der Waals surface area contributed by atoms with Crippen molar-refractivity contribution >= 4 is 11.6 Å². The van der Waals surface area contributed by atoms with Gasteiger partial charge in [-0.05, 0) is 25.7 Å². The Kier molecular flexibility index (Phi) is 2.43. The number of anilines is 2. The maximum atomic E-state index is 9.89. The van der Waals surface area contributed by atoms with Crippen LogP contribution in [0.15, 0.2) is 6.07 Å². The Hall–Kier alpha value is -1.36. The Morgan fingerprint density at radius 3 is 2.88 bits per heavy atom. The van der Waals surface area contributed by atoms with Gasteiger partial charge in [-0.2, -0.15) is 0 Å². The van der Waals surface area contributed by atoms with Crippen LogP contribution in [-0.2, 0) is 0 Å². The molecule has 1 saturated heterocycles. The van der Waals surface area contributed by atoms with Crippen molar-refractivity contribution in [2.45, 2.75) is 25.9 Å². The third-order valence-electron chi connectivity index (χ3n) is 3.99. The fourth-order valence-corrected chi connectivity index (χ4v) is 3.16. The van der Waals surface area contributed by atoms with E-state index >= 15 is 0 Å². The van der Waals surface area contributed by atoms with Gasteiger partial charge in [-0.1, -0.05) is 0 Å². The van der Waals surface area contributed by atoms with E-state index < -0.39 is 0 Å². The van der Waals surface area contributed by atoms with Gasteiger partial charge >= 0.3 is 0 Å². The van der Waals surface area contributed by atoms with Gasteiger partial charge in [0.25, 0.3) is 0 Å². The molecule has 1 saturated carbocycles. The first-order chi connectivity index (χ1) is 8.13. The smallest absolute Gasteiger partial charge is 0.134 e. The Morgan fingerprint density at radius 2 is 2.18 bits per heavy atom. The Labute approximate surface area is 101 Å². The number of rotatable bonds is 1. The van der Waals surface area contributed by atoms with E-state index in [0.717, 1.165) is 31.7 Å². The normalized spacial score (nSPS) is 31.9. The van der Waals surface area contributed by atoms with E-state index in [1.165, 1.54) is 0 Å². The van der Waals surface area contributed by atoms with Crippen molar-refractivity contribution in [2.75, 3.05) is 23.7 Å². The molecule has 2 aliphatic rings. The van der Waals surface area contributed by atoms with Crippen molar-refractivity contribution < 1.29 is 5.11 Å². The van der Waals surface area contributed by atoms with Crippen LogP contribution in [0.1, 0.15) is 18.7 Å². The van der Waals surface area contributed by atoms with Gasteiger partial charge in [-0.15, -0.1) is 0 Å². The first-order valence-electron chi connectivity index (χ1n) is 6.17. The van der Waals surface area contributed by atoms with Gasteiger partial charge in [0.15, 0.2) is 0 Å². The molecule has 3 unspecified atom stereocenters. The van der Waals surface area contributed by atoms with E-state index in [1.54, 1.807) is 0 Å². The quantitative estimate of drug-likeness (QED) is 0.743. The van der Waals surface area contributed by atoms with Gasteiger partial charge in [-0.25, -0.2) is 9.97 Å². The number of nitrogens with two attached hydrogens (primary N) is 1. The predicted molar refractivity (Wildman–Crippen MR) is 65.6 cm³/mol. The van der Waals surface area contributed by atoms with Crippen molar-refractivity contribution in [3.63, 3.8) is 0 Å². The zero-order chi connectivity index (χ0) is 12.0. The van der Waals surface area contributed by atoms with E-state index in [4.69, 9.17) is 5.73 Å². The molecule has 5 nitrogen and oxygen atoms in total. The number of aromatic nitrogens is 2. The van der Waals surface area contributed by atoms with Gasteiger partial charge in [0.2, 0.25) is 0 Å². The number of aliphatic hydroxyl groups excluding tert-OH is 1. The van der Waals surface area contributed by atoms with Crippen molar-refractivity contribution in [3.8, 4) is 0 Å². The lowest BCUT2D eigenvalue weighted by atomic mass is 10.00. The summed E-state index contributed by atoms with van der Waals surface area (Å²) < 4.78 is 0. The summed E-state index contributed by atoms with van der Waals surface area (Å²) in [7, 11) is 0. The van der Waals surface area contributed by atoms with Crippen LogP contribution in [0.5, 0.6) is 0 Å². The van der Waals surface area contributed by atoms with Gasteiger partial charge in [-0.3, -0.25) is 0 Å². The zero-order valence-corrected chi connectivity index (χ0v) is 10.0. The Balaban J connectivity index is 1.82. The summed E-state index contributed by atoms with van der Waals surface area (Å²) in [6.45, 7) is 3.73. The van der Waals surface area contributed by atoms with Gasteiger partial charge in [0, 0.05) is 25.1 Å². The number of nitrogens with zero attached hydrogens (tertiary/aromatic N) is 3. The highest BCUT2D eigenvalue weighted by Gasteiger charge is 2.42. The molecular formula is C12H18N4O. The number of hydrogen-bond donors (Lipinski definition) is 2. The first kappa shape index (κ1) is 10.8. The number of hydrogen-bond acceptors (Lipinski definition) is 5. The molecule has 0 amide bonds. The van der Waals surface area contributed by atoms with Crippen molar-refractivity contribution in [1.82, 2.24) is 9.97 Å². The molecule has 3 atom stereocenters. The molecule has 17 heavy (non-hydrogen) atoms. The maximum absolute atomic E-state index is 9.89. The van der Waals surface area contributed by atoms with Crippen LogP contribution in [0, 0.1) is 18.8 Å². The lowest BCUT2D eigenvalue weighted by Crippen LogP contribution is -2.25. The minimum Gasteiger partial charge on any atom is -0.393 e. The van der Waals surface area contributed by atoms with Crippen molar-refractivity contribution in [1.29, 1.82) is 0 Å². The van der Waals surface area contributed by atoms with Crippen LogP contribution in [0.3, 0.4) is 0 Å². The third-order valence-corrected chi connectivity index (χ3v) is 3.99. The molecule has 3 N–H and O–H groups in total. The molecule has 92 valence electrons. The summed E-state index contributed by atoms with van der Waals surface area (Å²) in [5.74, 6) is 3.15. The van der Waals surface area contributed by atoms with Crippen LogP contribution in [-0.4, -0.2) is 34.3 Å². The van der Waals surface area contributed by atoms with Crippen LogP contribution in [0.2, 0.25) is 0 Å². The second kappa shape index (κ2) is 3.84. The highest BCUT2D eigenvalue weighted by Crippen LogP contribution is 2.39. The van der Waals surface area contributed by atoms with Gasteiger partial charge in [0.1, 0.15) is 17.5 Å². The summed E-state index contributed by atoms with van der Waals surface area (Å²) in [6.07, 6.45) is 1.95. The van der Waals surface area contributed by atoms with E-state index in [1.807, 2.05) is 13.0 Å². The van der Waals surface area contributed by atoms with Crippen LogP contribution in [0.25, 0.3) is 0 Å². The molecule has 1 aliphatic carbocycles. The second-order valence-electron chi connectivity index (χ2n) is 5.17. The summed E-state index contributed by atoms with van der Waals surface area (Å²) in [5.41, 5.74) is 5.74. The number of aliphatic hydroxyl groups is 1. The largest absolute Gasteiger partial charge is 0.393 e. The number of aryl methyl sites for hydroxylation is 1. The van der Waals surface area contributed by atoms with Gasteiger partial charge in [0.05, 0.1) is 6.10 Å². The van der Waals surface area contributed by atoms with Crippen molar-refractivity contribution in [2.24, 2.45) is 11.8 Å². The zero-order valence-electron chi connectivity index (χ0n) is 10.0. The summed E-state index contributed by atoms with van der Waals surface area (Å²) in [4.78, 5) is 10.7. The highest BCUT2D eigenvalue weighted by molar-refractivity contribution is 5.48. The molecule has 3 rings (SSSR count). The lowest BCUT2D eigenvalue weighted by Gasteiger charge is -2.19. The van der Waals surface area contributed by atoms with Crippen LogP contribution >= 0.6 is 0 Å². The average Bonchev–Trinajstić information content (AvgIpc) is 2.80. The van der Waals surface area contributed by atoms with Gasteiger partial charge < -0.3 is 15.7 Å². The standard InChI is InChI=1S/C12H18N4O/c1-7-14-11(13)4-12(15-7)16-5-8-2-3-10(17)9(8)6-16/h4,8-10,17H,2-3,5-6H2,1H3,(H2,13,14,15). The molecule has 2 heterocycles. The van der Waals surface area contributed by atoms with E-state index in [2.05, 4.69) is 14.9 Å². The highest BCUT2D eigenvalue weighted by atomic mass is 16.3. The second-order valence-corrected chi connectivity index (χ2v) is 5.17. The predicted octanol–water partition coefficient (Wildman–Crippen LogP) is 0.574. The van der Waals surface area contributed by atoms with Crippen LogP contribution in [0.4, 0.5) is 11.6 Å². The summed E-state index contributed by atoms with van der Waals surface area (Å²) in [6, 6.07) is 1.82. The molecule has 1 aromatic rings. The minimum atomic E-state index is -0.134. The number of fused-ring (bicyclic) bond motifs is 1. The number of nitrogen functional groups attached to an aromatic ring is 1. The molecule has 0 aromatic carbocycles. The fourth-order valence-electron chi connectivity index (χ4n) is 3.16. The Morgan fingerprint density at radius 1 is 1.35 bits per heavy atom. The molecule has 0 radical (unpaired) electrons. The third kappa shape index (κ3) is 1.84. The summed E-state index contributed by atoms with van der Waals surface area (Å²) >= 11 is 0. The van der Waals surface area contributed by atoms with Crippen molar-refractivity contribution in [3.05, 3.63) is 11.9 Å². The summed E-state index contributed by atoms with van der Waals surface area (Å²) in [5, 5.41) is 9.89. The molecule has 1 aromatic heterocycles. The molecule has 5 heteroatoms. The van der Waals surface area contributed by atoms with Crippen LogP contribution < -0.4 is 10.6 Å². The SMILES string of the molecule is Cc1nc(N)cc(N2CC3CCC(O)C3C2)n1. The minimum absolute atomic E-state index is 0.134. The van der Waals surface area contributed by atoms with E-state index in [-0.39, 0.29) is 6.10 Å². The van der Waals surface area contributed by atoms with E-state index in [0.29, 0.717) is 23.5 Å². The maximum Gasteiger partial charge on any atom is 0.134 e. The molecular weight excluding hydrogens is 216 g/mol. The molecule has 1 aliphatic heterocycles. The molecule has 0 spiro atoms. The topological polar surface area (TPSA) is 75.3 Å². The molecule has 0 bridgehead atoms. The molecule has 2 fully saturated rings. The average molecular weight is 234 g/mol.